The summed E-state index contributed by atoms with van der Waals surface area (Å²) in [6, 6.07) is 157. The minimum Gasteiger partial charge on any atom is -0.309 e. The molecule has 144 heavy (non-hydrogen) atoms. The van der Waals surface area contributed by atoms with E-state index in [0.29, 0.717) is 0 Å². The van der Waals surface area contributed by atoms with Gasteiger partial charge in [0.1, 0.15) is 5.82 Å². The lowest BCUT2D eigenvalue weighted by Crippen LogP contribution is -2.15. The van der Waals surface area contributed by atoms with Crippen LogP contribution in [0.2, 0.25) is 0 Å². The second kappa shape index (κ2) is 32.0. The van der Waals surface area contributed by atoms with Gasteiger partial charge >= 0.3 is 0 Å². The van der Waals surface area contributed by atoms with Gasteiger partial charge in [0, 0.05) is 148 Å². The zero-order valence-electron chi connectivity index (χ0n) is 79.9. The summed E-state index contributed by atoms with van der Waals surface area (Å²) in [5.74, 6) is 1.67. The predicted molar refractivity (Wildman–Crippen MR) is 609 cm³/mol. The van der Waals surface area contributed by atoms with Gasteiger partial charge in [-0.1, -0.05) is 333 Å². The van der Waals surface area contributed by atoms with Crippen LogP contribution in [0, 0.1) is 0 Å². The first kappa shape index (κ1) is 83.9. The summed E-state index contributed by atoms with van der Waals surface area (Å²) in [4.78, 5) is 20.6. The molecule has 3 aliphatic rings. The van der Waals surface area contributed by atoms with Crippen LogP contribution in [0.4, 0.5) is 0 Å². The summed E-state index contributed by atoms with van der Waals surface area (Å²) in [5.41, 5.74) is 38.0. The molecule has 0 spiro atoms. The molecule has 0 fully saturated rings. The Morgan fingerprint density at radius 1 is 0.208 bits per heavy atom. The number of hydrogen-bond donors (Lipinski definition) is 0. The highest BCUT2D eigenvalue weighted by molar-refractivity contribution is 7.26. The van der Waals surface area contributed by atoms with Crippen LogP contribution in [-0.4, -0.2) is 38.2 Å². The van der Waals surface area contributed by atoms with Crippen LogP contribution in [0.15, 0.2) is 437 Å². The molecular formula is C133H90N8S3. The molecule has 0 aliphatic heterocycles. The van der Waals surface area contributed by atoms with Crippen molar-refractivity contribution >= 4 is 171 Å². The molecule has 0 unspecified atom stereocenters. The van der Waals surface area contributed by atoms with E-state index in [4.69, 9.17) is 19.9 Å². The van der Waals surface area contributed by atoms with Crippen molar-refractivity contribution in [3.63, 3.8) is 0 Å². The van der Waals surface area contributed by atoms with Gasteiger partial charge in [0.05, 0.1) is 78.8 Å². The van der Waals surface area contributed by atoms with E-state index in [9.17, 15) is 0 Å². The molecule has 11 heteroatoms. The van der Waals surface area contributed by atoms with Gasteiger partial charge in [-0.3, -0.25) is 4.57 Å². The third-order valence-electron chi connectivity index (χ3n) is 31.2. The SMILES string of the molecule is CC1(C)c2ccccc2-c2cc3c4cc5c(cc4n(-c4cc(-c6ccccc6)nc(-c6ccccc6)c4)c3cc21)sc1ccccc15.CC1(C)c2ccccc2-c2cc3c4cc5c(cc4n(-c4ccc(-n6c(-c7ccccc7)nc7ccccc76)cc4)c3cc21)sc1ccccc15.CC1(C)c2ccccc2-c2cc3c4cc5c(cc4n(-c4cnc(-c6ccccc6)nc4-c4ccccc4)c3cc21)sc1ccccc15. The van der Waals surface area contributed by atoms with Crippen LogP contribution in [0.1, 0.15) is 74.9 Å². The summed E-state index contributed by atoms with van der Waals surface area (Å²) >= 11 is 5.62. The standard InChI is InChI=1S/C46H31N3S.C44H30N2S.C43H29N3S/c1-46(2)37-16-8-6-14-31(37)33-24-34-35-25-36-32-15-7-11-19-43(32)50-44(36)27-42(35)48(41(34)26-38(33)46)29-20-22-30(23-21-29)49-40-18-10-9-17-39(40)47-45(49)28-12-4-3-5-13-28;1-44(2)36-19-11-9-17-30(36)32-23-33-34-24-35-31-18-10-12-20-42(31)47-43(35)26-41(34)46(40(33)25-37(32)44)29-21-38(27-13-5-3-6-14-27)45-39(22-29)28-15-7-4-8-16-28;1-43(2)34-19-11-9-17-28(34)30-21-31-32-22-33-29-18-10-12-20-39(29)47-40(33)24-37(32)46(36(31)23-35(30)43)38-25-44-42(27-15-7-4-8-16-27)45-41(38)26-13-5-3-6-14-26/h3-27H,1-2H3;3-26H,1-2H3;3-25H,1-2H3. The highest BCUT2D eigenvalue weighted by Gasteiger charge is 2.41. The molecule has 0 saturated heterocycles. The zero-order chi connectivity index (χ0) is 95.7. The second-order valence-electron chi connectivity index (χ2n) is 40.3. The van der Waals surface area contributed by atoms with Crippen molar-refractivity contribution < 1.29 is 0 Å². The minimum absolute atomic E-state index is 0.0852. The molecular weight excluding hydrogens is 1810 g/mol. The van der Waals surface area contributed by atoms with E-state index < -0.39 is 0 Å². The maximum atomic E-state index is 5.28. The number of hydrogen-bond acceptors (Lipinski definition) is 7. The minimum atomic E-state index is -0.117. The van der Waals surface area contributed by atoms with Gasteiger partial charge in [0.15, 0.2) is 5.82 Å². The fraction of sp³-hybridized carbons (Fsp3) is 0.0677. The summed E-state index contributed by atoms with van der Waals surface area (Å²) < 4.78 is 17.6. The first-order valence-corrected chi connectivity index (χ1v) is 52.0. The molecule has 8 nitrogen and oxygen atoms in total. The normalized spacial score (nSPS) is 13.5. The number of para-hydroxylation sites is 2. The number of aromatic nitrogens is 8. The molecule has 9 heterocycles. The van der Waals surface area contributed by atoms with E-state index in [1.54, 1.807) is 0 Å². The van der Waals surface area contributed by atoms with Crippen molar-refractivity contribution in [2.45, 2.75) is 57.8 Å². The van der Waals surface area contributed by atoms with E-state index in [0.717, 1.165) is 90.3 Å². The molecule has 0 saturated carbocycles. The first-order valence-electron chi connectivity index (χ1n) is 49.5. The van der Waals surface area contributed by atoms with Crippen LogP contribution in [0.5, 0.6) is 0 Å². The Labute approximate surface area is 843 Å². The van der Waals surface area contributed by atoms with E-state index >= 15 is 0 Å². The molecule has 3 aliphatic carbocycles. The molecule has 680 valence electrons. The molecule has 31 rings (SSSR count). The van der Waals surface area contributed by atoms with Crippen LogP contribution in [-0.2, 0) is 16.2 Å². The van der Waals surface area contributed by atoms with Crippen molar-refractivity contribution in [3.8, 4) is 113 Å². The Morgan fingerprint density at radius 2 is 0.542 bits per heavy atom. The summed E-state index contributed by atoms with van der Waals surface area (Å²) in [6.07, 6.45) is 2.03. The Morgan fingerprint density at radius 3 is 0.979 bits per heavy atom. The summed E-state index contributed by atoms with van der Waals surface area (Å²) in [7, 11) is 0. The molecule has 9 aromatic heterocycles. The van der Waals surface area contributed by atoms with Gasteiger partial charge in [0.25, 0.3) is 0 Å². The van der Waals surface area contributed by atoms with Crippen molar-refractivity contribution in [2.24, 2.45) is 0 Å². The highest BCUT2D eigenvalue weighted by Crippen LogP contribution is 2.57. The zero-order valence-corrected chi connectivity index (χ0v) is 82.3. The first-order chi connectivity index (χ1) is 70.6. The fourth-order valence-electron chi connectivity index (χ4n) is 24.2. The average molecular weight is 1900 g/mol. The molecule has 28 aromatic rings. The van der Waals surface area contributed by atoms with Crippen LogP contribution < -0.4 is 0 Å². The molecule has 0 radical (unpaired) electrons. The quantitative estimate of drug-likeness (QED) is 0.144. The predicted octanol–water partition coefficient (Wildman–Crippen LogP) is 36.2. The molecule has 0 bridgehead atoms. The van der Waals surface area contributed by atoms with E-state index in [1.807, 2.05) is 58.4 Å². The summed E-state index contributed by atoms with van der Waals surface area (Å²) in [6.45, 7) is 14.2. The average Bonchev–Trinajstić information content (AvgIpc) is 1.55. The third kappa shape index (κ3) is 12.8. The molecule has 0 N–H and O–H groups in total. The smallest absolute Gasteiger partial charge is 0.159 e. The lowest BCUT2D eigenvalue weighted by Gasteiger charge is -2.22. The molecule has 19 aromatic carbocycles. The van der Waals surface area contributed by atoms with Crippen molar-refractivity contribution in [3.05, 3.63) is 470 Å². The third-order valence-corrected chi connectivity index (χ3v) is 34.6. The number of rotatable bonds is 9. The largest absolute Gasteiger partial charge is 0.309 e. The lowest BCUT2D eigenvalue weighted by atomic mass is 9.82. The Bertz CT molecular complexity index is 10200. The van der Waals surface area contributed by atoms with Crippen molar-refractivity contribution in [1.29, 1.82) is 0 Å². The van der Waals surface area contributed by atoms with E-state index in [2.05, 4.69) is 472 Å². The Hall–Kier alpha value is -17.1. The van der Waals surface area contributed by atoms with E-state index in [-0.39, 0.29) is 16.2 Å². The van der Waals surface area contributed by atoms with Gasteiger partial charge in [-0.2, -0.15) is 0 Å². The lowest BCUT2D eigenvalue weighted by molar-refractivity contribution is 0.661. The number of thiophene rings is 3. The topological polar surface area (TPSA) is 71.3 Å². The molecule has 0 amide bonds. The number of benzene rings is 19. The number of nitrogens with zero attached hydrogens (tertiary/aromatic N) is 8. The Balaban J connectivity index is 0.000000103. The van der Waals surface area contributed by atoms with Crippen molar-refractivity contribution in [2.75, 3.05) is 0 Å². The van der Waals surface area contributed by atoms with E-state index in [1.165, 1.54) is 193 Å². The number of fused-ring (bicyclic) bond motifs is 28. The maximum absolute atomic E-state index is 5.28. The van der Waals surface area contributed by atoms with Crippen LogP contribution in [0.3, 0.4) is 0 Å². The van der Waals surface area contributed by atoms with Crippen molar-refractivity contribution in [1.82, 2.24) is 38.2 Å². The highest BCUT2D eigenvalue weighted by atomic mass is 32.1. The van der Waals surface area contributed by atoms with Crippen LogP contribution >= 0.6 is 34.0 Å². The number of imidazole rings is 1. The molecule has 0 atom stereocenters. The van der Waals surface area contributed by atoms with Gasteiger partial charge in [-0.05, 0) is 206 Å². The Kier molecular flexibility index (Phi) is 18.6. The fourth-order valence-corrected chi connectivity index (χ4v) is 27.5. The maximum Gasteiger partial charge on any atom is 0.159 e. The second-order valence-corrected chi connectivity index (χ2v) is 43.5. The summed E-state index contributed by atoms with van der Waals surface area (Å²) in [5, 5.41) is 15.5. The van der Waals surface area contributed by atoms with Crippen LogP contribution in [0.25, 0.3) is 250 Å². The van der Waals surface area contributed by atoms with Gasteiger partial charge in [-0.15, -0.1) is 34.0 Å². The number of pyridine rings is 1. The van der Waals surface area contributed by atoms with Gasteiger partial charge < -0.3 is 13.7 Å². The monoisotopic (exact) mass is 1890 g/mol. The van der Waals surface area contributed by atoms with Gasteiger partial charge in [0.2, 0.25) is 0 Å². The van der Waals surface area contributed by atoms with Gasteiger partial charge in [-0.25, -0.2) is 19.9 Å².